The van der Waals surface area contributed by atoms with Crippen molar-refractivity contribution in [3.05, 3.63) is 63.9 Å². The zero-order valence-electron chi connectivity index (χ0n) is 11.5. The number of likely N-dealkylation sites (N-methyl/N-ethyl adjacent to an activating group) is 1. The summed E-state index contributed by atoms with van der Waals surface area (Å²) < 4.78 is 14.8. The van der Waals surface area contributed by atoms with E-state index in [0.29, 0.717) is 12.0 Å². The summed E-state index contributed by atoms with van der Waals surface area (Å²) in [5.41, 5.74) is 1.89. The van der Waals surface area contributed by atoms with Crippen molar-refractivity contribution in [2.75, 3.05) is 13.3 Å². The van der Waals surface area contributed by atoms with Crippen LogP contribution in [0.1, 0.15) is 17.2 Å². The molecule has 1 nitrogen and oxygen atoms in total. The molecule has 0 amide bonds. The van der Waals surface area contributed by atoms with Crippen LogP contribution >= 0.6 is 27.7 Å². The van der Waals surface area contributed by atoms with Gasteiger partial charge < -0.3 is 5.32 Å². The molecule has 0 fully saturated rings. The van der Waals surface area contributed by atoms with Gasteiger partial charge in [0.25, 0.3) is 0 Å². The fraction of sp³-hybridized carbons (Fsp3) is 0.250. The zero-order chi connectivity index (χ0) is 14.5. The molecule has 0 saturated heterocycles. The van der Waals surface area contributed by atoms with Crippen LogP contribution in [0.4, 0.5) is 4.39 Å². The third kappa shape index (κ3) is 3.84. The molecule has 0 bridgehead atoms. The van der Waals surface area contributed by atoms with Gasteiger partial charge in [0.15, 0.2) is 0 Å². The van der Waals surface area contributed by atoms with Gasteiger partial charge in [-0.2, -0.15) is 0 Å². The number of benzene rings is 2. The van der Waals surface area contributed by atoms with Gasteiger partial charge in [0.1, 0.15) is 5.82 Å². The van der Waals surface area contributed by atoms with E-state index in [1.165, 1.54) is 16.5 Å². The van der Waals surface area contributed by atoms with Gasteiger partial charge in [-0.05, 0) is 61.2 Å². The summed E-state index contributed by atoms with van der Waals surface area (Å²) in [5, 5.41) is 3.26. The van der Waals surface area contributed by atoms with Crippen LogP contribution < -0.4 is 5.32 Å². The number of halogens is 2. The van der Waals surface area contributed by atoms with Crippen LogP contribution in [-0.2, 0) is 6.42 Å². The molecule has 0 aromatic heterocycles. The monoisotopic (exact) mass is 353 g/mol. The first-order chi connectivity index (χ1) is 9.63. The van der Waals surface area contributed by atoms with Crippen molar-refractivity contribution < 1.29 is 4.39 Å². The summed E-state index contributed by atoms with van der Waals surface area (Å²) >= 11 is 5.11. The Morgan fingerprint density at radius 3 is 2.50 bits per heavy atom. The predicted molar refractivity (Wildman–Crippen MR) is 87.8 cm³/mol. The predicted octanol–water partition coefficient (Wildman–Crippen LogP) is 4.81. The van der Waals surface area contributed by atoms with E-state index in [1.807, 2.05) is 13.1 Å². The Kier molecular flexibility index (Phi) is 5.64. The Labute approximate surface area is 132 Å². The third-order valence-corrected chi connectivity index (χ3v) is 4.54. The van der Waals surface area contributed by atoms with E-state index in [2.05, 4.69) is 51.8 Å². The summed E-state index contributed by atoms with van der Waals surface area (Å²) in [7, 11) is 1.91. The van der Waals surface area contributed by atoms with Crippen LogP contribution in [-0.4, -0.2) is 13.3 Å². The molecule has 0 radical (unpaired) electrons. The van der Waals surface area contributed by atoms with Crippen molar-refractivity contribution >= 4 is 27.7 Å². The molecular formula is C16H17BrFNS. The molecule has 2 aromatic rings. The second kappa shape index (κ2) is 7.25. The first-order valence-corrected chi connectivity index (χ1v) is 8.41. The van der Waals surface area contributed by atoms with Gasteiger partial charge in [0.2, 0.25) is 0 Å². The number of hydrogen-bond acceptors (Lipinski definition) is 2. The largest absolute Gasteiger partial charge is 0.313 e. The highest BCUT2D eigenvalue weighted by Gasteiger charge is 2.13. The SMILES string of the molecule is CNC(Cc1cc(Br)ccc1F)c1ccc(SC)cc1. The van der Waals surface area contributed by atoms with Crippen LogP contribution in [0.5, 0.6) is 0 Å². The fourth-order valence-corrected chi connectivity index (χ4v) is 2.96. The molecule has 0 aliphatic heterocycles. The van der Waals surface area contributed by atoms with E-state index in [4.69, 9.17) is 0 Å². The number of nitrogens with one attached hydrogen (secondary N) is 1. The molecule has 106 valence electrons. The van der Waals surface area contributed by atoms with E-state index >= 15 is 0 Å². The van der Waals surface area contributed by atoms with Crippen molar-refractivity contribution in [3.8, 4) is 0 Å². The van der Waals surface area contributed by atoms with Crippen molar-refractivity contribution in [3.63, 3.8) is 0 Å². The van der Waals surface area contributed by atoms with Gasteiger partial charge in [-0.3, -0.25) is 0 Å². The van der Waals surface area contributed by atoms with Gasteiger partial charge in [-0.1, -0.05) is 28.1 Å². The maximum atomic E-state index is 13.8. The Morgan fingerprint density at radius 1 is 1.20 bits per heavy atom. The normalized spacial score (nSPS) is 12.4. The van der Waals surface area contributed by atoms with Crippen LogP contribution in [0, 0.1) is 5.82 Å². The molecule has 4 heteroatoms. The van der Waals surface area contributed by atoms with Crippen LogP contribution in [0.2, 0.25) is 0 Å². The van der Waals surface area contributed by atoms with E-state index < -0.39 is 0 Å². The minimum absolute atomic E-state index is 0.106. The summed E-state index contributed by atoms with van der Waals surface area (Å²) in [6.07, 6.45) is 2.68. The topological polar surface area (TPSA) is 12.0 Å². The highest BCUT2D eigenvalue weighted by Crippen LogP contribution is 2.24. The summed E-state index contributed by atoms with van der Waals surface area (Å²) in [4.78, 5) is 1.23. The molecule has 1 unspecified atom stereocenters. The maximum absolute atomic E-state index is 13.8. The van der Waals surface area contributed by atoms with Crippen molar-refractivity contribution in [2.24, 2.45) is 0 Å². The molecule has 0 aliphatic carbocycles. The minimum atomic E-state index is -0.158. The highest BCUT2D eigenvalue weighted by atomic mass is 79.9. The summed E-state index contributed by atoms with van der Waals surface area (Å²) in [6.45, 7) is 0. The fourth-order valence-electron chi connectivity index (χ4n) is 2.14. The van der Waals surface area contributed by atoms with Gasteiger partial charge in [-0.15, -0.1) is 11.8 Å². The lowest BCUT2D eigenvalue weighted by atomic mass is 9.99. The lowest BCUT2D eigenvalue weighted by Crippen LogP contribution is -2.19. The average molecular weight is 354 g/mol. The second-order valence-corrected chi connectivity index (χ2v) is 6.35. The standard InChI is InChI=1S/C16H17BrFNS/c1-19-16(11-3-6-14(20-2)7-4-11)10-12-9-13(17)5-8-15(12)18/h3-9,16,19H,10H2,1-2H3. The molecule has 1 atom stereocenters. The van der Waals surface area contributed by atoms with Crippen LogP contribution in [0.25, 0.3) is 0 Å². The molecule has 0 spiro atoms. The summed E-state index contributed by atoms with van der Waals surface area (Å²) in [6, 6.07) is 13.6. The zero-order valence-corrected chi connectivity index (χ0v) is 13.9. The number of hydrogen-bond donors (Lipinski definition) is 1. The van der Waals surface area contributed by atoms with Crippen molar-refractivity contribution in [2.45, 2.75) is 17.4 Å². The van der Waals surface area contributed by atoms with Gasteiger partial charge in [0, 0.05) is 15.4 Å². The Bertz CT molecular complexity index is 571. The Hall–Kier alpha value is -0.840. The molecule has 0 heterocycles. The Morgan fingerprint density at radius 2 is 1.90 bits per heavy atom. The summed E-state index contributed by atoms with van der Waals surface area (Å²) in [5.74, 6) is -0.158. The van der Waals surface area contributed by atoms with Gasteiger partial charge >= 0.3 is 0 Å². The molecule has 20 heavy (non-hydrogen) atoms. The molecule has 2 aromatic carbocycles. The first kappa shape index (κ1) is 15.5. The van der Waals surface area contributed by atoms with Gasteiger partial charge in [0.05, 0.1) is 0 Å². The minimum Gasteiger partial charge on any atom is -0.313 e. The van der Waals surface area contributed by atoms with E-state index in [0.717, 1.165) is 4.47 Å². The first-order valence-electron chi connectivity index (χ1n) is 6.39. The van der Waals surface area contributed by atoms with Crippen molar-refractivity contribution in [1.82, 2.24) is 5.32 Å². The lowest BCUT2D eigenvalue weighted by Gasteiger charge is -2.17. The lowest BCUT2D eigenvalue weighted by molar-refractivity contribution is 0.554. The van der Waals surface area contributed by atoms with Crippen molar-refractivity contribution in [1.29, 1.82) is 0 Å². The maximum Gasteiger partial charge on any atom is 0.126 e. The van der Waals surface area contributed by atoms with Gasteiger partial charge in [-0.25, -0.2) is 4.39 Å². The van der Waals surface area contributed by atoms with E-state index in [9.17, 15) is 4.39 Å². The molecule has 1 N–H and O–H groups in total. The molecule has 0 aliphatic rings. The van der Waals surface area contributed by atoms with E-state index in [-0.39, 0.29) is 11.9 Å². The average Bonchev–Trinajstić information content (AvgIpc) is 2.48. The Balaban J connectivity index is 2.21. The van der Waals surface area contributed by atoms with E-state index in [1.54, 1.807) is 17.8 Å². The number of thioether (sulfide) groups is 1. The highest BCUT2D eigenvalue weighted by molar-refractivity contribution is 9.10. The molecular weight excluding hydrogens is 337 g/mol. The van der Waals surface area contributed by atoms with Crippen LogP contribution in [0.3, 0.4) is 0 Å². The second-order valence-electron chi connectivity index (χ2n) is 4.55. The third-order valence-electron chi connectivity index (χ3n) is 3.30. The number of rotatable bonds is 5. The smallest absolute Gasteiger partial charge is 0.126 e. The quantitative estimate of drug-likeness (QED) is 0.773. The van der Waals surface area contributed by atoms with Crippen LogP contribution in [0.15, 0.2) is 51.8 Å². The molecule has 0 saturated carbocycles. The molecule has 2 rings (SSSR count).